The second-order valence-electron chi connectivity index (χ2n) is 2.38. The number of rotatable bonds is 3. The normalized spacial score (nSPS) is 8.17. The van der Waals surface area contributed by atoms with Crippen molar-refractivity contribution in [2.45, 2.75) is 18.1 Å². The fraction of sp³-hybridized carbons (Fsp3) is 0.333. The van der Waals surface area contributed by atoms with Gasteiger partial charge in [-0.05, 0) is 0 Å². The van der Waals surface area contributed by atoms with Crippen molar-refractivity contribution in [3.8, 4) is 0 Å². The molecule has 3 heteroatoms. The topological polar surface area (TPSA) is 0 Å². The van der Waals surface area contributed by atoms with Gasteiger partial charge in [-0.1, -0.05) is 0 Å². The van der Waals surface area contributed by atoms with E-state index in [1.54, 1.807) is 0 Å². The molecule has 0 aliphatic carbocycles. The largest absolute Gasteiger partial charge is 1.00 e. The molecular formula is C9H11AlCl2. The molecule has 0 aromatic heterocycles. The third-order valence-corrected chi connectivity index (χ3v) is 1.92. The molecule has 1 rings (SSSR count). The van der Waals surface area contributed by atoms with Crippen LogP contribution >= 0.6 is 0 Å². The van der Waals surface area contributed by atoms with Gasteiger partial charge in [0.1, 0.15) is 0 Å². The zero-order valence-electron chi connectivity index (χ0n) is 6.84. The zero-order valence-corrected chi connectivity index (χ0v) is 9.51. The first-order chi connectivity index (χ1) is 4.93. The third kappa shape index (κ3) is 5.92. The summed E-state index contributed by atoms with van der Waals surface area (Å²) < 4.78 is 0. The van der Waals surface area contributed by atoms with Crippen molar-refractivity contribution in [3.63, 3.8) is 0 Å². The van der Waals surface area contributed by atoms with Crippen molar-refractivity contribution < 1.29 is 24.8 Å². The Kier molecular flexibility index (Phi) is 11.6. The Balaban J connectivity index is 0. The number of hydrogen-bond acceptors (Lipinski definition) is 0. The molecule has 1 aromatic rings. The van der Waals surface area contributed by atoms with E-state index in [1.807, 2.05) is 0 Å². The monoisotopic (exact) mass is 216 g/mol. The van der Waals surface area contributed by atoms with Gasteiger partial charge in [0.05, 0.1) is 0 Å². The molecule has 0 fully saturated rings. The van der Waals surface area contributed by atoms with Gasteiger partial charge in [0.2, 0.25) is 0 Å². The van der Waals surface area contributed by atoms with Crippen molar-refractivity contribution in [2.75, 3.05) is 0 Å². The molecule has 0 N–H and O–H groups in total. The van der Waals surface area contributed by atoms with E-state index in [2.05, 4.69) is 46.6 Å². The number of aryl methyl sites for hydroxylation is 1. The van der Waals surface area contributed by atoms with Gasteiger partial charge in [-0.25, -0.2) is 0 Å². The molecule has 0 aliphatic heterocycles. The Hall–Kier alpha value is 0.332. The summed E-state index contributed by atoms with van der Waals surface area (Å²) in [5, 5.41) is 1.20. The minimum Gasteiger partial charge on any atom is -1.00 e. The predicted molar refractivity (Wildman–Crippen MR) is 45.3 cm³/mol. The van der Waals surface area contributed by atoms with Gasteiger partial charge in [0, 0.05) is 0 Å². The summed E-state index contributed by atoms with van der Waals surface area (Å²) in [6.45, 7) is 0. The number of benzene rings is 1. The van der Waals surface area contributed by atoms with Gasteiger partial charge in [0.15, 0.2) is 0 Å². The van der Waals surface area contributed by atoms with Gasteiger partial charge in [-0.3, -0.25) is 0 Å². The average molecular weight is 217 g/mol. The molecule has 0 spiro atoms. The third-order valence-electron chi connectivity index (χ3n) is 1.51. The van der Waals surface area contributed by atoms with E-state index in [0.717, 1.165) is 0 Å². The van der Waals surface area contributed by atoms with Gasteiger partial charge in [-0.15, -0.1) is 0 Å². The molecule has 0 bridgehead atoms. The van der Waals surface area contributed by atoms with E-state index in [1.165, 1.54) is 23.7 Å². The van der Waals surface area contributed by atoms with E-state index in [9.17, 15) is 0 Å². The maximum Gasteiger partial charge on any atom is -1.00 e. The van der Waals surface area contributed by atoms with Crippen LogP contribution in [0.2, 0.25) is 5.28 Å². The van der Waals surface area contributed by atoms with Gasteiger partial charge >= 0.3 is 70.3 Å². The van der Waals surface area contributed by atoms with Crippen LogP contribution in [0.1, 0.15) is 12.0 Å². The quantitative estimate of drug-likeness (QED) is 0.456. The van der Waals surface area contributed by atoms with Crippen LogP contribution in [0.25, 0.3) is 0 Å². The molecule has 0 aliphatic rings. The second-order valence-corrected chi connectivity index (χ2v) is 2.96. The van der Waals surface area contributed by atoms with Crippen molar-refractivity contribution in [1.29, 1.82) is 0 Å². The average Bonchev–Trinajstić information content (AvgIpc) is 2.03. The Bertz CT molecular complexity index is 177. The molecule has 1 aromatic carbocycles. The Morgan fingerprint density at radius 1 is 1.00 bits per heavy atom. The standard InChI is InChI=1S/C9H11.Al.2ClH/c1-2-6-9-7-4-3-5-8-9;;;/h3-5,7-8H,1-2,6H2;;2*1H/q;+2;;/p-2. The van der Waals surface area contributed by atoms with Crippen LogP contribution in [0.4, 0.5) is 0 Å². The first-order valence-corrected chi connectivity index (χ1v) is 4.49. The van der Waals surface area contributed by atoms with Crippen LogP contribution in [0.3, 0.4) is 0 Å². The summed E-state index contributed by atoms with van der Waals surface area (Å²) in [6, 6.07) is 10.6. The molecule has 0 heterocycles. The van der Waals surface area contributed by atoms with Crippen LogP contribution in [-0.4, -0.2) is 16.3 Å². The van der Waals surface area contributed by atoms with Gasteiger partial charge in [-0.2, -0.15) is 0 Å². The van der Waals surface area contributed by atoms with E-state index in [-0.39, 0.29) is 24.8 Å². The fourth-order valence-corrected chi connectivity index (χ4v) is 1.15. The van der Waals surface area contributed by atoms with Gasteiger partial charge in [0.25, 0.3) is 0 Å². The van der Waals surface area contributed by atoms with Crippen LogP contribution in [0, 0.1) is 0 Å². The summed E-state index contributed by atoms with van der Waals surface area (Å²) >= 11 is 2.75. The molecule has 0 saturated heterocycles. The predicted octanol–water partition coefficient (Wildman–Crippen LogP) is -3.79. The first kappa shape index (κ1) is 14.8. The molecule has 64 valence electrons. The molecular weight excluding hydrogens is 206 g/mol. The van der Waals surface area contributed by atoms with Crippen molar-refractivity contribution >= 4 is 16.3 Å². The Morgan fingerprint density at radius 3 is 2.08 bits per heavy atom. The second kappa shape index (κ2) is 9.42. The smallest absolute Gasteiger partial charge is 1.00 e. The Morgan fingerprint density at radius 2 is 1.58 bits per heavy atom. The van der Waals surface area contributed by atoms with Crippen molar-refractivity contribution in [1.82, 2.24) is 0 Å². The first-order valence-electron chi connectivity index (χ1n) is 3.67. The summed E-state index contributed by atoms with van der Waals surface area (Å²) in [5.74, 6) is 0. The van der Waals surface area contributed by atoms with E-state index >= 15 is 0 Å². The van der Waals surface area contributed by atoms with Gasteiger partial charge < -0.3 is 24.8 Å². The van der Waals surface area contributed by atoms with Crippen LogP contribution < -0.4 is 24.8 Å². The summed E-state index contributed by atoms with van der Waals surface area (Å²) in [7, 11) is 0. The minimum absolute atomic E-state index is 0. The minimum atomic E-state index is 0. The molecule has 0 nitrogen and oxygen atoms in total. The van der Waals surface area contributed by atoms with Crippen LogP contribution in [0.15, 0.2) is 30.3 Å². The zero-order chi connectivity index (χ0) is 7.23. The molecule has 0 amide bonds. The van der Waals surface area contributed by atoms with Crippen molar-refractivity contribution in [3.05, 3.63) is 35.9 Å². The maximum atomic E-state index is 2.75. The molecule has 0 atom stereocenters. The Labute approximate surface area is 95.0 Å². The molecule has 12 heavy (non-hydrogen) atoms. The summed E-state index contributed by atoms with van der Waals surface area (Å²) in [4.78, 5) is 0. The number of halogens is 2. The maximum absolute atomic E-state index is 2.75. The summed E-state index contributed by atoms with van der Waals surface area (Å²) in [6.07, 6.45) is 2.49. The molecule has 0 radical (unpaired) electrons. The molecule has 0 saturated carbocycles. The SMILES string of the molecule is [Al+2][CH2]CCc1ccccc1.[Cl-].[Cl-]. The molecule has 0 unspecified atom stereocenters. The van der Waals surface area contributed by atoms with E-state index in [4.69, 9.17) is 0 Å². The van der Waals surface area contributed by atoms with E-state index in [0.29, 0.717) is 0 Å². The number of hydrogen-bond donors (Lipinski definition) is 0. The summed E-state index contributed by atoms with van der Waals surface area (Å²) in [5.41, 5.74) is 1.45. The van der Waals surface area contributed by atoms with Crippen LogP contribution in [-0.2, 0) is 6.42 Å². The van der Waals surface area contributed by atoms with E-state index < -0.39 is 0 Å². The fourth-order valence-electron chi connectivity index (χ4n) is 0.951. The van der Waals surface area contributed by atoms with Crippen molar-refractivity contribution in [2.24, 2.45) is 0 Å². The van der Waals surface area contributed by atoms with Crippen LogP contribution in [0.5, 0.6) is 0 Å².